The first-order valence-electron chi connectivity index (χ1n) is 11.8. The minimum atomic E-state index is -0.510. The highest BCUT2D eigenvalue weighted by molar-refractivity contribution is 7.99. The molecule has 1 aliphatic heterocycles. The molecular weight excluding hydrogens is 469 g/mol. The summed E-state index contributed by atoms with van der Waals surface area (Å²) in [6.45, 7) is 12.7. The van der Waals surface area contributed by atoms with Crippen molar-refractivity contribution in [2.75, 3.05) is 5.75 Å². The monoisotopic (exact) mass is 503 g/mol. The highest BCUT2D eigenvalue weighted by Crippen LogP contribution is 2.53. The molecule has 0 N–H and O–H groups in total. The van der Waals surface area contributed by atoms with Crippen molar-refractivity contribution in [3.63, 3.8) is 0 Å². The molecule has 178 valence electrons. The van der Waals surface area contributed by atoms with Crippen molar-refractivity contribution in [1.29, 1.82) is 0 Å². The molecule has 0 aliphatic carbocycles. The number of nitrogens with zero attached hydrogens (tertiary/aromatic N) is 1. The Kier molecular flexibility index (Phi) is 9.00. The van der Waals surface area contributed by atoms with Gasteiger partial charge in [-0.2, -0.15) is 0 Å². The van der Waals surface area contributed by atoms with Crippen LogP contribution in [-0.4, -0.2) is 21.9 Å². The number of allylic oxidation sites excluding steroid dienone is 1. The first-order valence-corrected chi connectivity index (χ1v) is 13.6. The fraction of sp³-hybridized carbons (Fsp3) is 0.464. The predicted molar refractivity (Wildman–Crippen MR) is 144 cm³/mol. The van der Waals surface area contributed by atoms with Gasteiger partial charge in [0.25, 0.3) is 0 Å². The van der Waals surface area contributed by atoms with Gasteiger partial charge in [-0.15, -0.1) is 18.3 Å². The van der Waals surface area contributed by atoms with Crippen LogP contribution in [0.5, 0.6) is 0 Å². The lowest BCUT2D eigenvalue weighted by molar-refractivity contribution is -0.151. The van der Waals surface area contributed by atoms with Gasteiger partial charge < -0.3 is 4.90 Å². The maximum Gasteiger partial charge on any atom is 0.230 e. The van der Waals surface area contributed by atoms with Gasteiger partial charge in [0.05, 0.1) is 16.8 Å². The summed E-state index contributed by atoms with van der Waals surface area (Å²) in [6.07, 6.45) is 4.17. The zero-order valence-corrected chi connectivity index (χ0v) is 22.4. The Morgan fingerprint density at radius 1 is 1.15 bits per heavy atom. The van der Waals surface area contributed by atoms with Crippen LogP contribution in [-0.2, 0) is 4.79 Å². The number of hydrogen-bond donors (Lipinski definition) is 0. The van der Waals surface area contributed by atoms with Gasteiger partial charge in [0.1, 0.15) is 0 Å². The Balaban J connectivity index is 2.19. The Morgan fingerprint density at radius 2 is 1.85 bits per heavy atom. The molecule has 1 aliphatic rings. The number of amides is 1. The summed E-state index contributed by atoms with van der Waals surface area (Å²) in [6, 6.07) is 16.0. The molecule has 0 aromatic heterocycles. The van der Waals surface area contributed by atoms with Crippen LogP contribution in [0.15, 0.2) is 61.2 Å². The Hall–Kier alpha value is -1.42. The predicted octanol–water partition coefficient (Wildman–Crippen LogP) is 8.76. The summed E-state index contributed by atoms with van der Waals surface area (Å²) in [5.41, 5.74) is 1.77. The summed E-state index contributed by atoms with van der Waals surface area (Å²) < 4.78 is 0. The summed E-state index contributed by atoms with van der Waals surface area (Å²) in [4.78, 5) is 16.4. The normalized spacial score (nSPS) is 24.2. The molecule has 0 radical (unpaired) electrons. The molecule has 0 bridgehead atoms. The van der Waals surface area contributed by atoms with Crippen LogP contribution >= 0.6 is 35.0 Å². The lowest BCUT2D eigenvalue weighted by Crippen LogP contribution is -2.54. The molecule has 4 atom stereocenters. The lowest BCUT2D eigenvalue weighted by Gasteiger charge is -2.52. The van der Waals surface area contributed by atoms with E-state index in [1.807, 2.05) is 42.1 Å². The third kappa shape index (κ3) is 5.99. The number of carbonyl (C=O) groups excluding carboxylic acids is 1. The smallest absolute Gasteiger partial charge is 0.230 e. The van der Waals surface area contributed by atoms with E-state index in [0.29, 0.717) is 17.4 Å². The van der Waals surface area contributed by atoms with Crippen molar-refractivity contribution >= 4 is 40.9 Å². The van der Waals surface area contributed by atoms with Crippen LogP contribution in [0.25, 0.3) is 0 Å². The summed E-state index contributed by atoms with van der Waals surface area (Å²) >= 11 is 14.6. The molecular formula is C28H35Cl2NOS. The van der Waals surface area contributed by atoms with Gasteiger partial charge in [0.2, 0.25) is 5.91 Å². The number of likely N-dealkylation sites (tertiary alicyclic amines) is 1. The average molecular weight is 505 g/mol. The number of piperidine rings is 1. The van der Waals surface area contributed by atoms with Crippen LogP contribution < -0.4 is 0 Å². The fourth-order valence-corrected chi connectivity index (χ4v) is 6.46. The van der Waals surface area contributed by atoms with E-state index in [0.717, 1.165) is 29.2 Å². The molecule has 1 amide bonds. The van der Waals surface area contributed by atoms with E-state index in [1.165, 1.54) is 5.56 Å². The van der Waals surface area contributed by atoms with Crippen molar-refractivity contribution in [2.24, 2.45) is 11.3 Å². The van der Waals surface area contributed by atoms with Crippen molar-refractivity contribution in [3.8, 4) is 0 Å². The Labute approximate surface area is 213 Å². The molecule has 33 heavy (non-hydrogen) atoms. The lowest BCUT2D eigenvalue weighted by atomic mass is 9.67. The number of halogens is 2. The molecule has 0 saturated carbocycles. The molecule has 1 unspecified atom stereocenters. The fourth-order valence-electron chi connectivity index (χ4n) is 4.90. The SMILES string of the molecule is C=CC[C@@]1(C)C[C@H](c2cccc(Cl)c2)[C@@H](c2ccc(Cl)cc2)N(C(CC)SCC(C)C)C1=O. The number of benzene rings is 2. The van der Waals surface area contributed by atoms with E-state index in [-0.39, 0.29) is 23.2 Å². The van der Waals surface area contributed by atoms with Crippen LogP contribution in [0.3, 0.4) is 0 Å². The van der Waals surface area contributed by atoms with Gasteiger partial charge in [0.15, 0.2) is 0 Å². The van der Waals surface area contributed by atoms with E-state index in [4.69, 9.17) is 23.2 Å². The molecule has 0 spiro atoms. The van der Waals surface area contributed by atoms with Crippen LogP contribution in [0.2, 0.25) is 10.0 Å². The Bertz CT molecular complexity index is 961. The van der Waals surface area contributed by atoms with Gasteiger partial charge >= 0.3 is 0 Å². The number of rotatable bonds is 9. The average Bonchev–Trinajstić information content (AvgIpc) is 2.77. The molecule has 2 aromatic rings. The number of thioether (sulfide) groups is 1. The third-order valence-electron chi connectivity index (χ3n) is 6.47. The topological polar surface area (TPSA) is 20.3 Å². The second kappa shape index (κ2) is 11.3. The first kappa shape index (κ1) is 26.2. The largest absolute Gasteiger partial charge is 0.323 e. The van der Waals surface area contributed by atoms with Gasteiger partial charge in [-0.1, -0.05) is 81.2 Å². The van der Waals surface area contributed by atoms with E-state index in [9.17, 15) is 4.79 Å². The van der Waals surface area contributed by atoms with Crippen LogP contribution in [0.1, 0.15) is 70.0 Å². The number of hydrogen-bond acceptors (Lipinski definition) is 2. The molecule has 1 fully saturated rings. The molecule has 2 aromatic carbocycles. The van der Waals surface area contributed by atoms with Gasteiger partial charge in [-0.05, 0) is 66.3 Å². The van der Waals surface area contributed by atoms with Crippen molar-refractivity contribution in [2.45, 2.75) is 64.3 Å². The van der Waals surface area contributed by atoms with Crippen molar-refractivity contribution in [3.05, 3.63) is 82.4 Å². The van der Waals surface area contributed by atoms with Crippen LogP contribution in [0, 0.1) is 11.3 Å². The third-order valence-corrected chi connectivity index (χ3v) is 8.76. The molecule has 3 rings (SSSR count). The molecule has 1 heterocycles. The van der Waals surface area contributed by atoms with E-state index in [2.05, 4.69) is 63.4 Å². The van der Waals surface area contributed by atoms with Crippen molar-refractivity contribution < 1.29 is 4.79 Å². The molecule has 2 nitrogen and oxygen atoms in total. The minimum absolute atomic E-state index is 0.0873. The minimum Gasteiger partial charge on any atom is -0.323 e. The maximum atomic E-state index is 14.2. The van der Waals surface area contributed by atoms with E-state index >= 15 is 0 Å². The zero-order chi connectivity index (χ0) is 24.2. The van der Waals surface area contributed by atoms with Gasteiger partial charge in [0, 0.05) is 16.0 Å². The van der Waals surface area contributed by atoms with E-state index < -0.39 is 5.41 Å². The zero-order valence-electron chi connectivity index (χ0n) is 20.1. The van der Waals surface area contributed by atoms with Crippen molar-refractivity contribution in [1.82, 2.24) is 4.90 Å². The molecule has 1 saturated heterocycles. The Morgan fingerprint density at radius 3 is 2.42 bits per heavy atom. The quantitative estimate of drug-likeness (QED) is 0.318. The van der Waals surface area contributed by atoms with Gasteiger partial charge in [-0.3, -0.25) is 4.79 Å². The summed E-state index contributed by atoms with van der Waals surface area (Å²) in [5, 5.41) is 1.51. The second-order valence-electron chi connectivity index (χ2n) is 9.72. The first-order chi connectivity index (χ1) is 15.7. The van der Waals surface area contributed by atoms with Crippen LogP contribution in [0.4, 0.5) is 0 Å². The highest BCUT2D eigenvalue weighted by Gasteiger charge is 2.50. The standard InChI is InChI=1S/C28H35Cl2NOS/c1-6-15-28(5)17-24(21-9-8-10-23(30)16-21)26(20-11-13-22(29)14-12-20)31(27(28)32)25(7-2)33-18-19(3)4/h6,8-14,16,19,24-26H,1,7,15,17-18H2,2-5H3/t24-,25?,26-,28+/m1/s1. The second-order valence-corrected chi connectivity index (χ2v) is 11.8. The summed E-state index contributed by atoms with van der Waals surface area (Å²) in [7, 11) is 0. The highest BCUT2D eigenvalue weighted by atomic mass is 35.5. The number of carbonyl (C=O) groups is 1. The van der Waals surface area contributed by atoms with Gasteiger partial charge in [-0.25, -0.2) is 0 Å². The molecule has 5 heteroatoms. The van der Waals surface area contributed by atoms with E-state index in [1.54, 1.807) is 0 Å². The maximum absolute atomic E-state index is 14.2. The summed E-state index contributed by atoms with van der Waals surface area (Å²) in [5.74, 6) is 1.89.